The van der Waals surface area contributed by atoms with Crippen LogP contribution in [0.1, 0.15) is 43.0 Å². The lowest BCUT2D eigenvalue weighted by Gasteiger charge is -2.25. The van der Waals surface area contributed by atoms with Gasteiger partial charge in [-0.05, 0) is 61.7 Å². The van der Waals surface area contributed by atoms with Crippen molar-refractivity contribution in [2.45, 2.75) is 33.2 Å². The molecule has 1 fully saturated rings. The Morgan fingerprint density at radius 3 is 2.48 bits per heavy atom. The Morgan fingerprint density at radius 2 is 1.87 bits per heavy atom. The Hall–Kier alpha value is -3.35. The van der Waals surface area contributed by atoms with Crippen LogP contribution in [0.2, 0.25) is 0 Å². The van der Waals surface area contributed by atoms with Gasteiger partial charge in [-0.25, -0.2) is 4.39 Å². The van der Waals surface area contributed by atoms with Crippen LogP contribution in [0.5, 0.6) is 11.5 Å². The first-order valence-electron chi connectivity index (χ1n) is 10.2. The molecule has 1 N–H and O–H groups in total. The number of amides is 1. The van der Waals surface area contributed by atoms with Gasteiger partial charge in [0, 0.05) is 12.1 Å². The van der Waals surface area contributed by atoms with Crippen molar-refractivity contribution in [3.05, 3.63) is 64.5 Å². The molecule has 0 bridgehead atoms. The van der Waals surface area contributed by atoms with Gasteiger partial charge in [0.2, 0.25) is 0 Å². The monoisotopic (exact) mass is 427 g/mol. The van der Waals surface area contributed by atoms with E-state index in [0.717, 1.165) is 0 Å². The molecule has 1 atom stereocenters. The molecule has 6 nitrogen and oxygen atoms in total. The minimum atomic E-state index is -0.796. The maximum atomic E-state index is 13.7. The highest BCUT2D eigenvalue weighted by Crippen LogP contribution is 2.42. The molecule has 1 aliphatic rings. The Bertz CT molecular complexity index is 1050. The summed E-state index contributed by atoms with van der Waals surface area (Å²) in [6, 6.07) is 8.43. The van der Waals surface area contributed by atoms with Crippen LogP contribution < -0.4 is 9.47 Å². The number of carbonyl (C=O) groups is 2. The van der Waals surface area contributed by atoms with Crippen molar-refractivity contribution in [3.8, 4) is 11.5 Å². The van der Waals surface area contributed by atoms with E-state index in [2.05, 4.69) is 0 Å². The van der Waals surface area contributed by atoms with E-state index >= 15 is 0 Å². The summed E-state index contributed by atoms with van der Waals surface area (Å²) in [6.07, 6.45) is 0.632. The summed E-state index contributed by atoms with van der Waals surface area (Å²) in [4.78, 5) is 27.2. The van der Waals surface area contributed by atoms with Gasteiger partial charge >= 0.3 is 0 Å². The number of aryl methyl sites for hydroxylation is 1. The fraction of sp³-hybridized carbons (Fsp3) is 0.333. The van der Waals surface area contributed by atoms with Gasteiger partial charge in [-0.15, -0.1) is 0 Å². The number of methoxy groups -OCH3 is 1. The van der Waals surface area contributed by atoms with Crippen LogP contribution >= 0.6 is 0 Å². The number of hydrogen-bond donors (Lipinski definition) is 1. The van der Waals surface area contributed by atoms with Crippen molar-refractivity contribution >= 4 is 17.4 Å². The second-order valence-corrected chi connectivity index (χ2v) is 7.30. The third-order valence-electron chi connectivity index (χ3n) is 5.24. The average molecular weight is 427 g/mol. The van der Waals surface area contributed by atoms with Gasteiger partial charge in [0.05, 0.1) is 25.3 Å². The number of carbonyl (C=O) groups excluding carboxylic acids is 2. The Morgan fingerprint density at radius 1 is 1.13 bits per heavy atom. The number of benzene rings is 2. The van der Waals surface area contributed by atoms with E-state index in [4.69, 9.17) is 9.47 Å². The van der Waals surface area contributed by atoms with Crippen LogP contribution in [0, 0.1) is 12.7 Å². The predicted octanol–water partition coefficient (Wildman–Crippen LogP) is 4.37. The maximum Gasteiger partial charge on any atom is 0.295 e. The number of hydrogen-bond acceptors (Lipinski definition) is 5. The molecule has 2 aromatic carbocycles. The SMILES string of the molecule is CCCN1C(=O)C(=O)/C(=C(\O)c2ccc(F)c(C)c2)C1c1ccc(OCC)c(OC)c1. The first kappa shape index (κ1) is 22.3. The number of nitrogens with zero attached hydrogens (tertiary/aromatic N) is 1. The van der Waals surface area contributed by atoms with Gasteiger partial charge in [-0.2, -0.15) is 0 Å². The van der Waals surface area contributed by atoms with E-state index in [1.807, 2.05) is 13.8 Å². The zero-order chi connectivity index (χ0) is 22.7. The van der Waals surface area contributed by atoms with Crippen LogP contribution in [-0.4, -0.2) is 42.0 Å². The second-order valence-electron chi connectivity index (χ2n) is 7.30. The molecule has 0 aromatic heterocycles. The molecule has 1 unspecified atom stereocenters. The lowest BCUT2D eigenvalue weighted by molar-refractivity contribution is -0.139. The van der Waals surface area contributed by atoms with E-state index in [1.165, 1.54) is 30.2 Å². The maximum absolute atomic E-state index is 13.7. The molecule has 31 heavy (non-hydrogen) atoms. The van der Waals surface area contributed by atoms with Gasteiger partial charge in [-0.1, -0.05) is 13.0 Å². The largest absolute Gasteiger partial charge is 0.507 e. The molecule has 2 aromatic rings. The number of ether oxygens (including phenoxy) is 2. The van der Waals surface area contributed by atoms with Crippen LogP contribution in [0.3, 0.4) is 0 Å². The molecule has 3 rings (SSSR count). The number of ketones is 1. The molecule has 7 heteroatoms. The first-order chi connectivity index (χ1) is 14.8. The zero-order valence-electron chi connectivity index (χ0n) is 18.1. The molecule has 1 heterocycles. The molecule has 1 aliphatic heterocycles. The second kappa shape index (κ2) is 9.20. The topological polar surface area (TPSA) is 76.1 Å². The minimum Gasteiger partial charge on any atom is -0.507 e. The summed E-state index contributed by atoms with van der Waals surface area (Å²) in [5, 5.41) is 11.0. The average Bonchev–Trinajstić information content (AvgIpc) is 3.01. The van der Waals surface area contributed by atoms with Crippen LogP contribution in [0.4, 0.5) is 4.39 Å². The van der Waals surface area contributed by atoms with Crippen molar-refractivity contribution in [2.24, 2.45) is 0 Å². The Labute approximate surface area is 180 Å². The van der Waals surface area contributed by atoms with Crippen molar-refractivity contribution in [1.29, 1.82) is 0 Å². The van der Waals surface area contributed by atoms with Gasteiger partial charge in [0.15, 0.2) is 11.5 Å². The van der Waals surface area contributed by atoms with Crippen molar-refractivity contribution in [3.63, 3.8) is 0 Å². The van der Waals surface area contributed by atoms with Crippen LogP contribution in [0.25, 0.3) is 5.76 Å². The summed E-state index contributed by atoms with van der Waals surface area (Å²) < 4.78 is 24.7. The molecular formula is C24H26FNO5. The highest BCUT2D eigenvalue weighted by molar-refractivity contribution is 6.46. The third kappa shape index (κ3) is 4.13. The molecule has 0 saturated carbocycles. The lowest BCUT2D eigenvalue weighted by Crippen LogP contribution is -2.30. The highest BCUT2D eigenvalue weighted by Gasteiger charge is 2.45. The standard InChI is InChI=1S/C24H26FNO5/c1-5-11-26-21(15-8-10-18(31-6-2)19(13-15)30-4)20(23(28)24(26)29)22(27)16-7-9-17(25)14(3)12-16/h7-10,12-13,21,27H,5-6,11H2,1-4H3/b22-20-. The molecular weight excluding hydrogens is 401 g/mol. The van der Waals surface area contributed by atoms with Crippen molar-refractivity contribution < 1.29 is 28.6 Å². The van der Waals surface area contributed by atoms with Gasteiger partial charge < -0.3 is 19.5 Å². The summed E-state index contributed by atoms with van der Waals surface area (Å²) in [7, 11) is 1.51. The number of rotatable bonds is 7. The predicted molar refractivity (Wildman–Crippen MR) is 115 cm³/mol. The Kier molecular flexibility index (Phi) is 6.63. The summed E-state index contributed by atoms with van der Waals surface area (Å²) in [5.41, 5.74) is 1.17. The Balaban J connectivity index is 2.20. The van der Waals surface area contributed by atoms with Crippen LogP contribution in [0.15, 0.2) is 42.0 Å². The molecule has 1 saturated heterocycles. The number of halogens is 1. The zero-order valence-corrected chi connectivity index (χ0v) is 18.1. The quantitative estimate of drug-likeness (QED) is 0.403. The summed E-state index contributed by atoms with van der Waals surface area (Å²) >= 11 is 0. The van der Waals surface area contributed by atoms with E-state index < -0.39 is 23.5 Å². The fourth-order valence-electron chi connectivity index (χ4n) is 3.77. The highest BCUT2D eigenvalue weighted by atomic mass is 19.1. The van der Waals surface area contributed by atoms with Gasteiger partial charge in [0.25, 0.3) is 11.7 Å². The third-order valence-corrected chi connectivity index (χ3v) is 5.24. The van der Waals surface area contributed by atoms with Crippen molar-refractivity contribution in [2.75, 3.05) is 20.3 Å². The molecule has 0 spiro atoms. The van der Waals surface area contributed by atoms with Crippen LogP contribution in [-0.2, 0) is 9.59 Å². The molecule has 1 amide bonds. The molecule has 164 valence electrons. The van der Waals surface area contributed by atoms with E-state index in [1.54, 1.807) is 25.1 Å². The number of Topliss-reactive ketones (excluding diaryl/α,β-unsaturated/α-hetero) is 1. The smallest absolute Gasteiger partial charge is 0.295 e. The van der Waals surface area contributed by atoms with E-state index in [9.17, 15) is 19.1 Å². The summed E-state index contributed by atoms with van der Waals surface area (Å²) in [5.74, 6) is -1.21. The molecule has 0 aliphatic carbocycles. The first-order valence-corrected chi connectivity index (χ1v) is 10.2. The fourth-order valence-corrected chi connectivity index (χ4v) is 3.77. The van der Waals surface area contributed by atoms with Gasteiger partial charge in [-0.3, -0.25) is 9.59 Å². The number of likely N-dealkylation sites (tertiary alicyclic amines) is 1. The minimum absolute atomic E-state index is 0.0318. The van der Waals surface area contributed by atoms with E-state index in [-0.39, 0.29) is 16.9 Å². The van der Waals surface area contributed by atoms with E-state index in [0.29, 0.717) is 42.2 Å². The van der Waals surface area contributed by atoms with Crippen molar-refractivity contribution in [1.82, 2.24) is 4.90 Å². The number of aliphatic hydroxyl groups is 1. The number of aliphatic hydroxyl groups excluding tert-OH is 1. The van der Waals surface area contributed by atoms with Gasteiger partial charge in [0.1, 0.15) is 11.6 Å². The normalized spacial score (nSPS) is 17.8. The lowest BCUT2D eigenvalue weighted by atomic mass is 9.94. The summed E-state index contributed by atoms with van der Waals surface area (Å²) in [6.45, 7) is 6.11. The molecule has 0 radical (unpaired) electrons.